The van der Waals surface area contributed by atoms with E-state index < -0.39 is 0 Å². The lowest BCUT2D eigenvalue weighted by Crippen LogP contribution is -2.28. The number of halogens is 1. The van der Waals surface area contributed by atoms with Gasteiger partial charge in [-0.2, -0.15) is 0 Å². The van der Waals surface area contributed by atoms with Crippen LogP contribution in [0.5, 0.6) is 0 Å². The van der Waals surface area contributed by atoms with Gasteiger partial charge in [-0.3, -0.25) is 4.79 Å². The van der Waals surface area contributed by atoms with Gasteiger partial charge >= 0.3 is 0 Å². The average molecular weight is 262 g/mol. The molecule has 0 aromatic carbocycles. The summed E-state index contributed by atoms with van der Waals surface area (Å²) in [5.41, 5.74) is 0. The van der Waals surface area contributed by atoms with Crippen LogP contribution in [-0.2, 0) is 4.79 Å². The highest BCUT2D eigenvalue weighted by molar-refractivity contribution is 9.09. The van der Waals surface area contributed by atoms with Gasteiger partial charge in [0.2, 0.25) is 5.91 Å². The summed E-state index contributed by atoms with van der Waals surface area (Å²) in [6, 6.07) is 0. The maximum atomic E-state index is 11.7. The quantitative estimate of drug-likeness (QED) is 0.698. The number of alkyl halides is 1. The molecule has 0 spiro atoms. The van der Waals surface area contributed by atoms with Crippen molar-refractivity contribution < 1.29 is 4.79 Å². The Labute approximate surface area is 95.2 Å². The van der Waals surface area contributed by atoms with Crippen LogP contribution in [0.4, 0.5) is 0 Å². The fourth-order valence-corrected chi connectivity index (χ4v) is 2.58. The molecule has 1 aliphatic heterocycles. The molecule has 1 rings (SSSR count). The van der Waals surface area contributed by atoms with Crippen molar-refractivity contribution in [3.63, 3.8) is 0 Å². The number of carbonyl (C=O) groups is 1. The minimum absolute atomic E-state index is 0.365. The highest BCUT2D eigenvalue weighted by Crippen LogP contribution is 2.21. The van der Waals surface area contributed by atoms with Crippen molar-refractivity contribution in [2.75, 3.05) is 18.4 Å². The number of carbonyl (C=O) groups excluding carboxylic acids is 1. The van der Waals surface area contributed by atoms with Gasteiger partial charge in [0.1, 0.15) is 0 Å². The minimum Gasteiger partial charge on any atom is -0.342 e. The minimum atomic E-state index is 0.365. The Morgan fingerprint density at radius 1 is 1.57 bits per heavy atom. The first-order valence-electron chi connectivity index (χ1n) is 5.61. The van der Waals surface area contributed by atoms with Crippen LogP contribution >= 0.6 is 15.9 Å². The van der Waals surface area contributed by atoms with Crippen LogP contribution in [0.1, 0.15) is 39.0 Å². The van der Waals surface area contributed by atoms with Crippen molar-refractivity contribution in [1.29, 1.82) is 0 Å². The zero-order chi connectivity index (χ0) is 10.4. The number of amides is 1. The summed E-state index contributed by atoms with van der Waals surface area (Å²) in [5, 5.41) is 1.06. The van der Waals surface area contributed by atoms with Crippen LogP contribution in [0.15, 0.2) is 0 Å². The van der Waals surface area contributed by atoms with E-state index in [1.54, 1.807) is 0 Å². The van der Waals surface area contributed by atoms with E-state index in [2.05, 4.69) is 22.9 Å². The van der Waals surface area contributed by atoms with Gasteiger partial charge in [0, 0.05) is 24.8 Å². The monoisotopic (exact) mass is 261 g/mol. The zero-order valence-corrected chi connectivity index (χ0v) is 10.6. The molecule has 1 atom stereocenters. The molecule has 0 aromatic heterocycles. The predicted molar refractivity (Wildman–Crippen MR) is 62.6 cm³/mol. The number of nitrogens with zero attached hydrogens (tertiary/aromatic N) is 1. The highest BCUT2D eigenvalue weighted by atomic mass is 79.9. The number of likely N-dealkylation sites (tertiary alicyclic amines) is 1. The van der Waals surface area contributed by atoms with Gasteiger partial charge in [0.05, 0.1) is 0 Å². The smallest absolute Gasteiger partial charge is 0.222 e. The van der Waals surface area contributed by atoms with Gasteiger partial charge < -0.3 is 4.90 Å². The van der Waals surface area contributed by atoms with Crippen molar-refractivity contribution in [3.05, 3.63) is 0 Å². The Bertz CT molecular complexity index is 184. The largest absolute Gasteiger partial charge is 0.342 e. The van der Waals surface area contributed by atoms with E-state index >= 15 is 0 Å². The zero-order valence-electron chi connectivity index (χ0n) is 8.97. The molecule has 0 saturated carbocycles. The summed E-state index contributed by atoms with van der Waals surface area (Å²) in [6.07, 6.45) is 5.31. The van der Waals surface area contributed by atoms with Crippen molar-refractivity contribution in [3.8, 4) is 0 Å². The van der Waals surface area contributed by atoms with Crippen molar-refractivity contribution in [1.82, 2.24) is 4.90 Å². The Kier molecular flexibility index (Phi) is 5.53. The number of hydrogen-bond acceptors (Lipinski definition) is 1. The molecule has 0 bridgehead atoms. The third kappa shape index (κ3) is 3.60. The molecular formula is C11H20BrNO. The first-order valence-corrected chi connectivity index (χ1v) is 6.73. The van der Waals surface area contributed by atoms with Crippen LogP contribution in [0.25, 0.3) is 0 Å². The van der Waals surface area contributed by atoms with E-state index in [4.69, 9.17) is 0 Å². The normalized spacial score (nSPS) is 21.6. The summed E-state index contributed by atoms with van der Waals surface area (Å²) >= 11 is 3.45. The fourth-order valence-electron chi connectivity index (χ4n) is 1.94. The Morgan fingerprint density at radius 2 is 2.36 bits per heavy atom. The molecule has 0 aliphatic carbocycles. The second-order valence-electron chi connectivity index (χ2n) is 4.08. The third-order valence-electron chi connectivity index (χ3n) is 2.90. The SMILES string of the molecule is CCCCC(=O)N1CCC(CCBr)C1. The lowest BCUT2D eigenvalue weighted by molar-refractivity contribution is -0.130. The highest BCUT2D eigenvalue weighted by Gasteiger charge is 2.24. The maximum Gasteiger partial charge on any atom is 0.222 e. The van der Waals surface area contributed by atoms with Crippen molar-refractivity contribution >= 4 is 21.8 Å². The van der Waals surface area contributed by atoms with E-state index in [1.807, 2.05) is 4.90 Å². The molecular weight excluding hydrogens is 242 g/mol. The Hall–Kier alpha value is -0.0500. The molecule has 1 fully saturated rings. The number of unbranched alkanes of at least 4 members (excludes halogenated alkanes) is 1. The standard InChI is InChI=1S/C11H20BrNO/c1-2-3-4-11(14)13-8-6-10(9-13)5-7-12/h10H,2-9H2,1H3. The Balaban J connectivity index is 2.23. The van der Waals surface area contributed by atoms with Gasteiger partial charge in [-0.15, -0.1) is 0 Å². The van der Waals surface area contributed by atoms with E-state index in [0.717, 1.165) is 43.6 Å². The molecule has 14 heavy (non-hydrogen) atoms. The average Bonchev–Trinajstić information content (AvgIpc) is 2.63. The lowest BCUT2D eigenvalue weighted by atomic mass is 10.1. The molecule has 1 unspecified atom stereocenters. The third-order valence-corrected chi connectivity index (χ3v) is 3.36. The molecule has 1 saturated heterocycles. The molecule has 1 amide bonds. The molecule has 1 aliphatic rings. The second-order valence-corrected chi connectivity index (χ2v) is 4.87. The summed E-state index contributed by atoms with van der Waals surface area (Å²) < 4.78 is 0. The molecule has 3 heteroatoms. The van der Waals surface area contributed by atoms with Crippen molar-refractivity contribution in [2.24, 2.45) is 5.92 Å². The van der Waals surface area contributed by atoms with Gasteiger partial charge in [-0.1, -0.05) is 29.3 Å². The van der Waals surface area contributed by atoms with Crippen LogP contribution in [0.2, 0.25) is 0 Å². The van der Waals surface area contributed by atoms with Crippen molar-refractivity contribution in [2.45, 2.75) is 39.0 Å². The number of rotatable bonds is 5. The molecule has 0 radical (unpaired) electrons. The summed E-state index contributed by atoms with van der Waals surface area (Å²) in [7, 11) is 0. The van der Waals surface area contributed by atoms with Gasteiger partial charge in [0.25, 0.3) is 0 Å². The van der Waals surface area contributed by atoms with Gasteiger partial charge in [-0.05, 0) is 25.2 Å². The molecule has 1 heterocycles. The maximum absolute atomic E-state index is 11.7. The summed E-state index contributed by atoms with van der Waals surface area (Å²) in [5.74, 6) is 1.10. The lowest BCUT2D eigenvalue weighted by Gasteiger charge is -2.16. The summed E-state index contributed by atoms with van der Waals surface area (Å²) in [6.45, 7) is 4.11. The Morgan fingerprint density at radius 3 is 3.00 bits per heavy atom. The topological polar surface area (TPSA) is 20.3 Å². The number of hydrogen-bond donors (Lipinski definition) is 0. The van der Waals surface area contributed by atoms with E-state index in [0.29, 0.717) is 5.91 Å². The van der Waals surface area contributed by atoms with E-state index in [1.165, 1.54) is 12.8 Å². The fraction of sp³-hybridized carbons (Fsp3) is 0.909. The van der Waals surface area contributed by atoms with Gasteiger partial charge in [-0.25, -0.2) is 0 Å². The van der Waals surface area contributed by atoms with Crippen LogP contribution in [0.3, 0.4) is 0 Å². The second kappa shape index (κ2) is 6.44. The molecule has 0 aromatic rings. The van der Waals surface area contributed by atoms with Crippen LogP contribution in [0, 0.1) is 5.92 Å². The predicted octanol–water partition coefficient (Wildman–Crippen LogP) is 2.81. The van der Waals surface area contributed by atoms with Gasteiger partial charge in [0.15, 0.2) is 0 Å². The summed E-state index contributed by atoms with van der Waals surface area (Å²) in [4.78, 5) is 13.7. The van der Waals surface area contributed by atoms with E-state index in [-0.39, 0.29) is 0 Å². The first-order chi connectivity index (χ1) is 6.77. The molecule has 0 N–H and O–H groups in total. The van der Waals surface area contributed by atoms with E-state index in [9.17, 15) is 4.79 Å². The molecule has 82 valence electrons. The van der Waals surface area contributed by atoms with Crippen LogP contribution in [-0.4, -0.2) is 29.2 Å². The molecule has 2 nitrogen and oxygen atoms in total. The van der Waals surface area contributed by atoms with Crippen LogP contribution < -0.4 is 0 Å². The first kappa shape index (κ1) is 12.0.